The van der Waals surface area contributed by atoms with Crippen molar-refractivity contribution in [3.8, 4) is 11.3 Å². The Balaban J connectivity index is 1.72. The number of aromatic amines is 1. The Bertz CT molecular complexity index is 792. The fourth-order valence-corrected chi connectivity index (χ4v) is 3.73. The van der Waals surface area contributed by atoms with E-state index in [2.05, 4.69) is 65.8 Å². The molecule has 1 aromatic heterocycles. The Morgan fingerprint density at radius 3 is 2.52 bits per heavy atom. The molecule has 0 saturated heterocycles. The van der Waals surface area contributed by atoms with E-state index in [0.717, 1.165) is 6.54 Å². The molecule has 2 nitrogen and oxygen atoms in total. The summed E-state index contributed by atoms with van der Waals surface area (Å²) in [6, 6.07) is 18.2. The summed E-state index contributed by atoms with van der Waals surface area (Å²) in [5.74, 6) is 0. The number of hydrogen-bond donors (Lipinski definition) is 2. The summed E-state index contributed by atoms with van der Waals surface area (Å²) >= 11 is 0. The average molecular weight is 304 g/mol. The zero-order valence-corrected chi connectivity index (χ0v) is 13.7. The molecule has 0 bridgehead atoms. The molecule has 0 amide bonds. The number of H-pyrrole nitrogens is 1. The number of benzene rings is 2. The third kappa shape index (κ3) is 2.91. The Morgan fingerprint density at radius 1 is 1.00 bits per heavy atom. The molecule has 3 aromatic rings. The molecule has 0 unspecified atom stereocenters. The maximum atomic E-state index is 3.78. The lowest BCUT2D eigenvalue weighted by Gasteiger charge is -2.13. The first-order valence-electron chi connectivity index (χ1n) is 8.71. The van der Waals surface area contributed by atoms with Crippen molar-refractivity contribution in [1.82, 2.24) is 10.3 Å². The Morgan fingerprint density at radius 2 is 1.74 bits per heavy atom. The molecule has 1 saturated carbocycles. The molecule has 2 aromatic carbocycles. The zero-order chi connectivity index (χ0) is 15.6. The van der Waals surface area contributed by atoms with Crippen molar-refractivity contribution < 1.29 is 0 Å². The van der Waals surface area contributed by atoms with E-state index in [0.29, 0.717) is 6.04 Å². The lowest BCUT2D eigenvalue weighted by Crippen LogP contribution is -2.25. The summed E-state index contributed by atoms with van der Waals surface area (Å²) < 4.78 is 0. The van der Waals surface area contributed by atoms with Crippen LogP contribution in [-0.2, 0) is 6.54 Å². The van der Waals surface area contributed by atoms with Crippen molar-refractivity contribution in [3.63, 3.8) is 0 Å². The topological polar surface area (TPSA) is 27.8 Å². The number of aromatic nitrogens is 1. The minimum Gasteiger partial charge on any atom is -0.354 e. The van der Waals surface area contributed by atoms with E-state index in [9.17, 15) is 0 Å². The van der Waals surface area contributed by atoms with E-state index in [1.54, 1.807) is 0 Å². The minimum absolute atomic E-state index is 0.689. The lowest BCUT2D eigenvalue weighted by atomic mass is 10.0. The van der Waals surface area contributed by atoms with Gasteiger partial charge >= 0.3 is 0 Å². The number of para-hydroxylation sites is 1. The Hall–Kier alpha value is -2.06. The number of fused-ring (bicyclic) bond motifs is 1. The maximum Gasteiger partial charge on any atom is 0.0510 e. The van der Waals surface area contributed by atoms with Gasteiger partial charge in [0.2, 0.25) is 0 Å². The third-order valence-corrected chi connectivity index (χ3v) is 5.08. The highest BCUT2D eigenvalue weighted by molar-refractivity contribution is 5.90. The van der Waals surface area contributed by atoms with Gasteiger partial charge in [-0.05, 0) is 37.0 Å². The Labute approximate surface area is 137 Å². The summed E-state index contributed by atoms with van der Waals surface area (Å²) in [6.07, 6.45) is 5.39. The van der Waals surface area contributed by atoms with Crippen LogP contribution in [0.4, 0.5) is 0 Å². The van der Waals surface area contributed by atoms with Gasteiger partial charge in [-0.1, -0.05) is 60.9 Å². The van der Waals surface area contributed by atoms with Crippen LogP contribution >= 0.6 is 0 Å². The fourth-order valence-electron chi connectivity index (χ4n) is 3.73. The van der Waals surface area contributed by atoms with Crippen LogP contribution in [0.15, 0.2) is 48.5 Å². The molecule has 23 heavy (non-hydrogen) atoms. The molecule has 2 heteroatoms. The Kier molecular flexibility index (Phi) is 3.92. The van der Waals surface area contributed by atoms with Crippen LogP contribution in [0, 0.1) is 6.92 Å². The second-order valence-electron chi connectivity index (χ2n) is 6.75. The molecule has 4 rings (SSSR count). The minimum atomic E-state index is 0.689. The van der Waals surface area contributed by atoms with E-state index >= 15 is 0 Å². The van der Waals surface area contributed by atoms with Gasteiger partial charge in [-0.3, -0.25) is 0 Å². The van der Waals surface area contributed by atoms with Gasteiger partial charge in [-0.15, -0.1) is 0 Å². The summed E-state index contributed by atoms with van der Waals surface area (Å²) in [6.45, 7) is 3.08. The average Bonchev–Trinajstić information content (AvgIpc) is 3.21. The van der Waals surface area contributed by atoms with Crippen LogP contribution in [0.1, 0.15) is 36.8 Å². The fraction of sp³-hybridized carbons (Fsp3) is 0.333. The number of hydrogen-bond acceptors (Lipinski definition) is 1. The first kappa shape index (κ1) is 14.5. The summed E-state index contributed by atoms with van der Waals surface area (Å²) in [4.78, 5) is 3.64. The predicted molar refractivity (Wildman–Crippen MR) is 97.6 cm³/mol. The maximum absolute atomic E-state index is 3.78. The van der Waals surface area contributed by atoms with Crippen molar-refractivity contribution in [3.05, 3.63) is 59.7 Å². The first-order chi connectivity index (χ1) is 11.3. The quantitative estimate of drug-likeness (QED) is 0.683. The predicted octanol–water partition coefficient (Wildman–Crippen LogP) is 5.18. The van der Waals surface area contributed by atoms with Crippen LogP contribution < -0.4 is 5.32 Å². The molecule has 0 aliphatic heterocycles. The normalized spacial score (nSPS) is 15.5. The number of nitrogens with one attached hydrogen (secondary N) is 2. The van der Waals surface area contributed by atoms with Crippen molar-refractivity contribution in [1.29, 1.82) is 0 Å². The highest BCUT2D eigenvalue weighted by Gasteiger charge is 2.17. The molecule has 0 spiro atoms. The van der Waals surface area contributed by atoms with Crippen molar-refractivity contribution in [2.75, 3.05) is 0 Å². The number of aryl methyl sites for hydroxylation is 1. The van der Waals surface area contributed by atoms with Crippen LogP contribution in [0.3, 0.4) is 0 Å². The molecule has 1 aliphatic rings. The second-order valence-corrected chi connectivity index (χ2v) is 6.75. The molecule has 2 N–H and O–H groups in total. The van der Waals surface area contributed by atoms with Gasteiger partial charge in [0.1, 0.15) is 0 Å². The van der Waals surface area contributed by atoms with Crippen LogP contribution in [-0.4, -0.2) is 11.0 Å². The largest absolute Gasteiger partial charge is 0.354 e. The van der Waals surface area contributed by atoms with Gasteiger partial charge < -0.3 is 10.3 Å². The standard InChI is InChI=1S/C21H24N2/c1-15-10-12-16(13-11-15)21-19(14-22-17-6-2-3-7-17)18-8-4-5-9-20(18)23-21/h4-5,8-13,17,22-23H,2-3,6-7,14H2,1H3. The van der Waals surface area contributed by atoms with Gasteiger partial charge in [-0.25, -0.2) is 0 Å². The van der Waals surface area contributed by atoms with Gasteiger partial charge in [0.25, 0.3) is 0 Å². The molecular weight excluding hydrogens is 280 g/mol. The van der Waals surface area contributed by atoms with Crippen molar-refractivity contribution in [2.45, 2.75) is 45.2 Å². The van der Waals surface area contributed by atoms with E-state index in [1.807, 2.05) is 0 Å². The van der Waals surface area contributed by atoms with E-state index in [1.165, 1.54) is 59.0 Å². The van der Waals surface area contributed by atoms with E-state index in [4.69, 9.17) is 0 Å². The monoisotopic (exact) mass is 304 g/mol. The number of rotatable bonds is 4. The molecule has 1 aliphatic carbocycles. The highest BCUT2D eigenvalue weighted by atomic mass is 14.9. The third-order valence-electron chi connectivity index (χ3n) is 5.08. The SMILES string of the molecule is Cc1ccc(-c2[nH]c3ccccc3c2CNC2CCCC2)cc1. The van der Waals surface area contributed by atoms with E-state index < -0.39 is 0 Å². The van der Waals surface area contributed by atoms with E-state index in [-0.39, 0.29) is 0 Å². The van der Waals surface area contributed by atoms with Crippen molar-refractivity contribution in [2.24, 2.45) is 0 Å². The van der Waals surface area contributed by atoms with Gasteiger partial charge in [0.05, 0.1) is 5.69 Å². The van der Waals surface area contributed by atoms with Crippen molar-refractivity contribution >= 4 is 10.9 Å². The van der Waals surface area contributed by atoms with Gasteiger partial charge in [0, 0.05) is 23.5 Å². The summed E-state index contributed by atoms with van der Waals surface area (Å²) in [5.41, 5.74) is 6.46. The molecule has 0 radical (unpaired) electrons. The molecule has 1 fully saturated rings. The molecule has 1 heterocycles. The van der Waals surface area contributed by atoms with Crippen LogP contribution in [0.2, 0.25) is 0 Å². The van der Waals surface area contributed by atoms with Gasteiger partial charge in [-0.2, -0.15) is 0 Å². The molecule has 0 atom stereocenters. The summed E-state index contributed by atoms with van der Waals surface area (Å²) in [5, 5.41) is 5.12. The molecule has 118 valence electrons. The highest BCUT2D eigenvalue weighted by Crippen LogP contribution is 2.31. The molecular formula is C21H24N2. The zero-order valence-electron chi connectivity index (χ0n) is 13.7. The van der Waals surface area contributed by atoms with Crippen LogP contribution in [0.5, 0.6) is 0 Å². The van der Waals surface area contributed by atoms with Gasteiger partial charge in [0.15, 0.2) is 0 Å². The second kappa shape index (κ2) is 6.21. The smallest absolute Gasteiger partial charge is 0.0510 e. The van der Waals surface area contributed by atoms with Crippen LogP contribution in [0.25, 0.3) is 22.2 Å². The lowest BCUT2D eigenvalue weighted by molar-refractivity contribution is 0.526. The summed E-state index contributed by atoms with van der Waals surface area (Å²) in [7, 11) is 0. The first-order valence-corrected chi connectivity index (χ1v) is 8.71.